The summed E-state index contributed by atoms with van der Waals surface area (Å²) in [5, 5.41) is 6.88. The van der Waals surface area contributed by atoms with Crippen molar-refractivity contribution in [3.05, 3.63) is 11.7 Å². The van der Waals surface area contributed by atoms with Crippen molar-refractivity contribution >= 4 is 12.0 Å². The summed E-state index contributed by atoms with van der Waals surface area (Å²) in [6.45, 7) is 3.10. The van der Waals surface area contributed by atoms with Gasteiger partial charge in [-0.05, 0) is 39.0 Å². The first-order valence-corrected chi connectivity index (χ1v) is 8.50. The Labute approximate surface area is 140 Å². The van der Waals surface area contributed by atoms with E-state index >= 15 is 0 Å². The van der Waals surface area contributed by atoms with Crippen molar-refractivity contribution in [1.29, 1.82) is 0 Å². The second kappa shape index (κ2) is 7.19. The number of likely N-dealkylation sites (tertiary alicyclic amines) is 1. The maximum Gasteiger partial charge on any atom is 0.317 e. The minimum Gasteiger partial charge on any atom is -0.469 e. The summed E-state index contributed by atoms with van der Waals surface area (Å²) in [4.78, 5) is 30.2. The zero-order chi connectivity index (χ0) is 17.1. The highest BCUT2D eigenvalue weighted by Gasteiger charge is 2.34. The number of amides is 2. The van der Waals surface area contributed by atoms with E-state index < -0.39 is 0 Å². The Balaban J connectivity index is 1.52. The molecule has 1 aliphatic carbocycles. The van der Waals surface area contributed by atoms with Crippen LogP contribution in [0.5, 0.6) is 0 Å². The predicted octanol–water partition coefficient (Wildman–Crippen LogP) is 1.61. The van der Waals surface area contributed by atoms with Gasteiger partial charge in [0, 0.05) is 19.1 Å². The molecule has 0 radical (unpaired) electrons. The zero-order valence-corrected chi connectivity index (χ0v) is 14.2. The van der Waals surface area contributed by atoms with E-state index in [1.165, 1.54) is 7.11 Å². The molecule has 2 amide bonds. The van der Waals surface area contributed by atoms with Crippen LogP contribution in [0.2, 0.25) is 0 Å². The fourth-order valence-corrected chi connectivity index (χ4v) is 3.60. The second-order valence-electron chi connectivity index (χ2n) is 6.64. The smallest absolute Gasteiger partial charge is 0.317 e. The molecule has 0 bridgehead atoms. The standard InChI is InChI=1S/C16H24N4O4/c1-10-17-14(24-19-10)12-4-3-7-20(9-12)16(22)18-13-6-5-11(8-13)15(21)23-2/h11-13H,3-9H2,1-2H3,(H,18,22)/t11-,12-,13+/m0/s1. The number of rotatable bonds is 3. The van der Waals surface area contributed by atoms with Gasteiger partial charge in [-0.15, -0.1) is 0 Å². The number of carbonyl (C=O) groups is 2. The van der Waals surface area contributed by atoms with Crippen LogP contribution in [0.4, 0.5) is 4.79 Å². The molecule has 8 heteroatoms. The van der Waals surface area contributed by atoms with Gasteiger partial charge in [-0.1, -0.05) is 5.16 Å². The molecule has 3 atom stereocenters. The Kier molecular flexibility index (Phi) is 5.01. The molecule has 2 aliphatic rings. The largest absolute Gasteiger partial charge is 0.469 e. The lowest BCUT2D eigenvalue weighted by Crippen LogP contribution is -2.47. The molecular formula is C16H24N4O4. The van der Waals surface area contributed by atoms with Crippen LogP contribution in [-0.4, -0.2) is 53.3 Å². The van der Waals surface area contributed by atoms with Crippen LogP contribution in [-0.2, 0) is 9.53 Å². The van der Waals surface area contributed by atoms with Gasteiger partial charge in [-0.3, -0.25) is 4.79 Å². The fourth-order valence-electron chi connectivity index (χ4n) is 3.60. The van der Waals surface area contributed by atoms with E-state index in [0.717, 1.165) is 32.2 Å². The van der Waals surface area contributed by atoms with Crippen molar-refractivity contribution in [2.24, 2.45) is 5.92 Å². The average molecular weight is 336 g/mol. The number of methoxy groups -OCH3 is 1. The summed E-state index contributed by atoms with van der Waals surface area (Å²) in [5.74, 6) is 1.03. The van der Waals surface area contributed by atoms with Crippen molar-refractivity contribution < 1.29 is 18.8 Å². The maximum atomic E-state index is 12.5. The molecule has 8 nitrogen and oxygen atoms in total. The summed E-state index contributed by atoms with van der Waals surface area (Å²) in [7, 11) is 1.40. The van der Waals surface area contributed by atoms with Gasteiger partial charge in [-0.25, -0.2) is 4.79 Å². The highest BCUT2D eigenvalue weighted by molar-refractivity contribution is 5.76. The van der Waals surface area contributed by atoms with E-state index in [2.05, 4.69) is 15.5 Å². The Morgan fingerprint density at radius 2 is 2.17 bits per heavy atom. The highest BCUT2D eigenvalue weighted by Crippen LogP contribution is 2.28. The number of piperidine rings is 1. The topological polar surface area (TPSA) is 97.6 Å². The number of esters is 1. The predicted molar refractivity (Wildman–Crippen MR) is 84.3 cm³/mol. The first kappa shape index (κ1) is 16.7. The fraction of sp³-hybridized carbons (Fsp3) is 0.750. The average Bonchev–Trinajstić information content (AvgIpc) is 3.23. The van der Waals surface area contributed by atoms with Crippen LogP contribution in [0.15, 0.2) is 4.52 Å². The number of nitrogens with one attached hydrogen (secondary N) is 1. The van der Waals surface area contributed by atoms with Crippen LogP contribution in [0, 0.1) is 12.8 Å². The molecule has 1 N–H and O–H groups in total. The molecular weight excluding hydrogens is 312 g/mol. The lowest BCUT2D eigenvalue weighted by molar-refractivity contribution is -0.145. The van der Waals surface area contributed by atoms with Crippen molar-refractivity contribution in [3.63, 3.8) is 0 Å². The van der Waals surface area contributed by atoms with Crippen LogP contribution in [0.1, 0.15) is 49.7 Å². The van der Waals surface area contributed by atoms with Crippen molar-refractivity contribution in [2.45, 2.75) is 51.0 Å². The highest BCUT2D eigenvalue weighted by atomic mass is 16.5. The van der Waals surface area contributed by atoms with Gasteiger partial charge < -0.3 is 19.5 Å². The molecule has 2 heterocycles. The van der Waals surface area contributed by atoms with Gasteiger partial charge in [-0.2, -0.15) is 4.98 Å². The number of ether oxygens (including phenoxy) is 1. The van der Waals surface area contributed by atoms with E-state index in [0.29, 0.717) is 24.7 Å². The van der Waals surface area contributed by atoms with E-state index in [-0.39, 0.29) is 29.9 Å². The van der Waals surface area contributed by atoms with E-state index in [1.807, 2.05) is 0 Å². The van der Waals surface area contributed by atoms with Crippen molar-refractivity contribution in [2.75, 3.05) is 20.2 Å². The van der Waals surface area contributed by atoms with Crippen LogP contribution in [0.3, 0.4) is 0 Å². The number of carbonyl (C=O) groups excluding carboxylic acids is 2. The van der Waals surface area contributed by atoms with Gasteiger partial charge in [0.25, 0.3) is 0 Å². The zero-order valence-electron chi connectivity index (χ0n) is 14.2. The number of aromatic nitrogens is 2. The SMILES string of the molecule is COC(=O)[C@H]1CC[C@@H](NC(=O)N2CCC[C@H](c3nc(C)no3)C2)C1. The number of nitrogens with zero attached hydrogens (tertiary/aromatic N) is 3. The lowest BCUT2D eigenvalue weighted by atomic mass is 9.98. The summed E-state index contributed by atoms with van der Waals surface area (Å²) < 4.78 is 10.0. The monoisotopic (exact) mass is 336 g/mol. The molecule has 1 aromatic rings. The second-order valence-corrected chi connectivity index (χ2v) is 6.64. The van der Waals surface area contributed by atoms with Gasteiger partial charge in [0.05, 0.1) is 18.9 Å². The van der Waals surface area contributed by atoms with E-state index in [1.54, 1.807) is 11.8 Å². The normalized spacial score (nSPS) is 27.1. The van der Waals surface area contributed by atoms with Gasteiger partial charge in [0.1, 0.15) is 0 Å². The van der Waals surface area contributed by atoms with Gasteiger partial charge in [0.2, 0.25) is 5.89 Å². The van der Waals surface area contributed by atoms with E-state index in [4.69, 9.17) is 9.26 Å². The summed E-state index contributed by atoms with van der Waals surface area (Å²) in [6.07, 6.45) is 4.08. The molecule has 0 aromatic carbocycles. The maximum absolute atomic E-state index is 12.5. The molecule has 0 spiro atoms. The number of urea groups is 1. The Morgan fingerprint density at radius 1 is 1.33 bits per heavy atom. The minimum absolute atomic E-state index is 0.0348. The number of hydrogen-bond donors (Lipinski definition) is 1. The molecule has 2 fully saturated rings. The molecule has 1 saturated carbocycles. The molecule has 0 unspecified atom stereocenters. The Bertz CT molecular complexity index is 603. The van der Waals surface area contributed by atoms with Gasteiger partial charge >= 0.3 is 12.0 Å². The molecule has 1 aromatic heterocycles. The lowest BCUT2D eigenvalue weighted by Gasteiger charge is -2.32. The van der Waals surface area contributed by atoms with Gasteiger partial charge in [0.15, 0.2) is 5.82 Å². The molecule has 24 heavy (non-hydrogen) atoms. The molecule has 1 saturated heterocycles. The number of hydrogen-bond acceptors (Lipinski definition) is 6. The van der Waals surface area contributed by atoms with E-state index in [9.17, 15) is 9.59 Å². The first-order chi connectivity index (χ1) is 11.6. The van der Waals surface area contributed by atoms with Crippen molar-refractivity contribution in [3.8, 4) is 0 Å². The quantitative estimate of drug-likeness (QED) is 0.842. The summed E-state index contributed by atoms with van der Waals surface area (Å²) >= 11 is 0. The molecule has 132 valence electrons. The third-order valence-electron chi connectivity index (χ3n) is 4.90. The molecule has 3 rings (SSSR count). The third kappa shape index (κ3) is 3.68. The Hall–Kier alpha value is -2.12. The van der Waals surface area contributed by atoms with Crippen LogP contribution >= 0.6 is 0 Å². The van der Waals surface area contributed by atoms with Crippen LogP contribution in [0.25, 0.3) is 0 Å². The minimum atomic E-state index is -0.184. The number of aryl methyl sites for hydroxylation is 1. The Morgan fingerprint density at radius 3 is 2.88 bits per heavy atom. The third-order valence-corrected chi connectivity index (χ3v) is 4.90. The van der Waals surface area contributed by atoms with Crippen LogP contribution < -0.4 is 5.32 Å². The first-order valence-electron chi connectivity index (χ1n) is 8.50. The molecule has 1 aliphatic heterocycles. The summed E-state index contributed by atoms with van der Waals surface area (Å²) in [5.41, 5.74) is 0. The van der Waals surface area contributed by atoms with Crippen molar-refractivity contribution in [1.82, 2.24) is 20.4 Å². The summed E-state index contributed by atoms with van der Waals surface area (Å²) in [6, 6.07) is -0.0425.